The fourth-order valence-electron chi connectivity index (χ4n) is 2.93. The largest absolute Gasteiger partial charge is 0.507 e. The molecule has 148 valence electrons. The number of anilines is 1. The van der Waals surface area contributed by atoms with Gasteiger partial charge in [-0.25, -0.2) is 0 Å². The first kappa shape index (κ1) is 21.1. The fraction of sp³-hybridized carbons (Fsp3) is 0.286. The molecule has 0 spiro atoms. The van der Waals surface area contributed by atoms with Crippen LogP contribution >= 0.6 is 0 Å². The van der Waals surface area contributed by atoms with Crippen LogP contribution in [0.5, 0.6) is 11.5 Å². The Kier molecular flexibility index (Phi) is 6.89. The van der Waals surface area contributed by atoms with E-state index in [1.54, 1.807) is 18.2 Å². The highest BCUT2D eigenvalue weighted by atomic mass is 16.5. The Labute approximate surface area is 165 Å². The number of hydrogen-bond acceptors (Lipinski definition) is 6. The van der Waals surface area contributed by atoms with Gasteiger partial charge in [0, 0.05) is 18.3 Å². The number of hydrogen-bond donors (Lipinski definition) is 4. The Balaban J connectivity index is 2.53. The van der Waals surface area contributed by atoms with E-state index in [4.69, 9.17) is 15.6 Å². The highest BCUT2D eigenvalue weighted by Gasteiger charge is 2.23. The van der Waals surface area contributed by atoms with Gasteiger partial charge >= 0.3 is 0 Å². The summed E-state index contributed by atoms with van der Waals surface area (Å²) in [7, 11) is 3.36. The number of aromatic hydroxyl groups is 1. The molecule has 2 rings (SSSR count). The number of ether oxygens (including phenoxy) is 1. The van der Waals surface area contributed by atoms with E-state index in [0.29, 0.717) is 24.3 Å². The summed E-state index contributed by atoms with van der Waals surface area (Å²) in [5.41, 5.74) is 2.56. The Bertz CT molecular complexity index is 876. The number of amidine groups is 2. The molecule has 0 unspecified atom stereocenters. The van der Waals surface area contributed by atoms with Gasteiger partial charge in [0.2, 0.25) is 0 Å². The van der Waals surface area contributed by atoms with Crippen molar-refractivity contribution in [3.05, 3.63) is 53.1 Å². The van der Waals surface area contributed by atoms with Crippen LogP contribution in [0.4, 0.5) is 5.69 Å². The number of nitrogens with zero attached hydrogens (tertiary/aromatic N) is 1. The normalized spacial score (nSPS) is 10.6. The zero-order valence-corrected chi connectivity index (χ0v) is 16.5. The Hall–Kier alpha value is -3.19. The molecule has 0 fully saturated rings. The third-order valence-electron chi connectivity index (χ3n) is 4.38. The van der Waals surface area contributed by atoms with Crippen molar-refractivity contribution >= 4 is 23.6 Å². The number of phenols is 1. The number of rotatable bonds is 7. The van der Waals surface area contributed by atoms with Gasteiger partial charge in [0.25, 0.3) is 0 Å². The Morgan fingerprint density at radius 1 is 1.25 bits per heavy atom. The van der Waals surface area contributed by atoms with Crippen LogP contribution in [0.3, 0.4) is 0 Å². The van der Waals surface area contributed by atoms with Crippen LogP contribution in [0.25, 0.3) is 0 Å². The highest BCUT2D eigenvalue weighted by molar-refractivity contribution is 6.41. The monoisotopic (exact) mass is 382 g/mol. The standard InChI is InChI=1S/C21H26N4O3/c1-13(2)16-9-17(18(27)10-19(16)28-4)21(23)25(20(22)12-26)15-7-5-14(6-8-15)11-24-3/h5-10,12-13,22-24,27H,11H2,1-4H3. The molecule has 0 saturated heterocycles. The van der Waals surface area contributed by atoms with Crippen LogP contribution in [-0.2, 0) is 11.3 Å². The summed E-state index contributed by atoms with van der Waals surface area (Å²) in [5.74, 6) is -0.0886. The maximum atomic E-state index is 11.3. The topological polar surface area (TPSA) is 110 Å². The van der Waals surface area contributed by atoms with Crippen molar-refractivity contribution in [1.82, 2.24) is 5.32 Å². The third kappa shape index (κ3) is 4.37. The van der Waals surface area contributed by atoms with Crippen LogP contribution in [0.15, 0.2) is 36.4 Å². The lowest BCUT2D eigenvalue weighted by Gasteiger charge is -2.25. The molecule has 4 N–H and O–H groups in total. The van der Waals surface area contributed by atoms with E-state index < -0.39 is 5.84 Å². The van der Waals surface area contributed by atoms with Gasteiger partial charge in [0.1, 0.15) is 17.3 Å². The lowest BCUT2D eigenvalue weighted by Crippen LogP contribution is -2.37. The first-order valence-corrected chi connectivity index (χ1v) is 8.91. The van der Waals surface area contributed by atoms with Gasteiger partial charge < -0.3 is 15.2 Å². The summed E-state index contributed by atoms with van der Waals surface area (Å²) in [6.07, 6.45) is 0.375. The van der Waals surface area contributed by atoms with Crippen molar-refractivity contribution < 1.29 is 14.6 Å². The van der Waals surface area contributed by atoms with E-state index in [2.05, 4.69) is 5.32 Å². The van der Waals surface area contributed by atoms with Crippen LogP contribution in [0.1, 0.15) is 36.5 Å². The summed E-state index contributed by atoms with van der Waals surface area (Å²) >= 11 is 0. The van der Waals surface area contributed by atoms with E-state index in [1.165, 1.54) is 18.1 Å². The minimum Gasteiger partial charge on any atom is -0.507 e. The van der Waals surface area contributed by atoms with Crippen molar-refractivity contribution in [2.45, 2.75) is 26.3 Å². The molecule has 0 aliphatic heterocycles. The molecule has 28 heavy (non-hydrogen) atoms. The molecule has 0 bridgehead atoms. The quantitative estimate of drug-likeness (QED) is 0.334. The van der Waals surface area contributed by atoms with Gasteiger partial charge in [-0.1, -0.05) is 26.0 Å². The van der Waals surface area contributed by atoms with Gasteiger partial charge in [-0.3, -0.25) is 20.5 Å². The van der Waals surface area contributed by atoms with Gasteiger partial charge in [0.15, 0.2) is 12.1 Å². The van der Waals surface area contributed by atoms with Crippen molar-refractivity contribution in [2.75, 3.05) is 19.1 Å². The van der Waals surface area contributed by atoms with Crippen molar-refractivity contribution in [2.24, 2.45) is 0 Å². The second-order valence-corrected chi connectivity index (χ2v) is 6.65. The average Bonchev–Trinajstić information content (AvgIpc) is 2.68. The molecule has 0 aliphatic rings. The first-order chi connectivity index (χ1) is 13.3. The van der Waals surface area contributed by atoms with Gasteiger partial charge in [0.05, 0.1) is 12.7 Å². The average molecular weight is 382 g/mol. The second-order valence-electron chi connectivity index (χ2n) is 6.65. The molecule has 7 nitrogen and oxygen atoms in total. The van der Waals surface area contributed by atoms with E-state index in [1.807, 2.05) is 33.0 Å². The summed E-state index contributed by atoms with van der Waals surface area (Å²) in [5, 5.41) is 30.1. The fourth-order valence-corrected chi connectivity index (χ4v) is 2.93. The number of carbonyl (C=O) groups is 1. The van der Waals surface area contributed by atoms with Gasteiger partial charge in [-0.05, 0) is 42.3 Å². The summed E-state index contributed by atoms with van der Waals surface area (Å²) in [6, 6.07) is 10.3. The maximum absolute atomic E-state index is 11.3. The maximum Gasteiger partial charge on any atom is 0.185 e. The van der Waals surface area contributed by atoms with Crippen LogP contribution in [-0.4, -0.2) is 37.2 Å². The molecule has 0 aliphatic carbocycles. The number of benzene rings is 2. The number of methoxy groups -OCH3 is 1. The van der Waals surface area contributed by atoms with Crippen LogP contribution < -0.4 is 15.0 Å². The summed E-state index contributed by atoms with van der Waals surface area (Å²) in [4.78, 5) is 12.5. The minimum atomic E-state index is -0.396. The number of nitrogens with one attached hydrogen (secondary N) is 3. The Morgan fingerprint density at radius 2 is 1.89 bits per heavy atom. The molecular formula is C21H26N4O3. The second kappa shape index (κ2) is 9.14. The molecule has 2 aromatic carbocycles. The van der Waals surface area contributed by atoms with E-state index in [0.717, 1.165) is 11.1 Å². The van der Waals surface area contributed by atoms with Gasteiger partial charge in [-0.2, -0.15) is 0 Å². The molecular weight excluding hydrogens is 356 g/mol. The Morgan fingerprint density at radius 3 is 2.39 bits per heavy atom. The van der Waals surface area contributed by atoms with E-state index in [-0.39, 0.29) is 23.1 Å². The summed E-state index contributed by atoms with van der Waals surface area (Å²) in [6.45, 7) is 4.64. The van der Waals surface area contributed by atoms with Crippen LogP contribution in [0.2, 0.25) is 0 Å². The van der Waals surface area contributed by atoms with Crippen molar-refractivity contribution in [1.29, 1.82) is 10.8 Å². The van der Waals surface area contributed by atoms with Gasteiger partial charge in [-0.15, -0.1) is 0 Å². The van der Waals surface area contributed by atoms with Crippen molar-refractivity contribution in [3.8, 4) is 11.5 Å². The van der Waals surface area contributed by atoms with E-state index >= 15 is 0 Å². The first-order valence-electron chi connectivity index (χ1n) is 8.91. The lowest BCUT2D eigenvalue weighted by molar-refractivity contribution is -0.102. The molecule has 0 aromatic heterocycles. The molecule has 0 heterocycles. The van der Waals surface area contributed by atoms with E-state index in [9.17, 15) is 9.90 Å². The smallest absolute Gasteiger partial charge is 0.185 e. The number of aldehydes is 1. The highest BCUT2D eigenvalue weighted by Crippen LogP contribution is 2.34. The third-order valence-corrected chi connectivity index (χ3v) is 4.38. The van der Waals surface area contributed by atoms with Crippen molar-refractivity contribution in [3.63, 3.8) is 0 Å². The predicted octanol–water partition coefficient (Wildman–Crippen LogP) is 3.25. The molecule has 0 atom stereocenters. The zero-order chi connectivity index (χ0) is 20.8. The molecule has 7 heteroatoms. The minimum absolute atomic E-state index is 0.0990. The summed E-state index contributed by atoms with van der Waals surface area (Å²) < 4.78 is 5.32. The van der Waals surface area contributed by atoms with Crippen LogP contribution in [0, 0.1) is 10.8 Å². The zero-order valence-electron chi connectivity index (χ0n) is 16.5. The molecule has 2 aromatic rings. The number of carbonyl (C=O) groups excluding carboxylic acids is 1. The molecule has 0 saturated carbocycles. The molecule has 0 amide bonds. The molecule has 0 radical (unpaired) electrons. The number of phenolic OH excluding ortho intramolecular Hbond substituents is 1. The SMILES string of the molecule is CNCc1ccc(N(C(=N)C=O)C(=N)c2cc(C(C)C)c(OC)cc2O)cc1. The predicted molar refractivity (Wildman–Crippen MR) is 111 cm³/mol. The lowest BCUT2D eigenvalue weighted by atomic mass is 9.98.